The van der Waals surface area contributed by atoms with Gasteiger partial charge in [0, 0.05) is 12.7 Å². The van der Waals surface area contributed by atoms with Gasteiger partial charge in [0.1, 0.15) is 12.2 Å². The number of hydrogen-bond acceptors (Lipinski definition) is 2. The number of carbonyl (C=O) groups excluding carboxylic acids is 1. The fourth-order valence-electron chi connectivity index (χ4n) is 2.21. The average Bonchev–Trinajstić information content (AvgIpc) is 2.85. The van der Waals surface area contributed by atoms with Crippen LogP contribution in [0.3, 0.4) is 0 Å². The second-order valence-corrected chi connectivity index (χ2v) is 5.08. The molecule has 2 heterocycles. The van der Waals surface area contributed by atoms with Crippen LogP contribution in [0.5, 0.6) is 0 Å². The van der Waals surface area contributed by atoms with Crippen LogP contribution in [0, 0.1) is 0 Å². The summed E-state index contributed by atoms with van der Waals surface area (Å²) in [4.78, 5) is 12.0. The fourth-order valence-corrected chi connectivity index (χ4v) is 2.21. The zero-order valence-corrected chi connectivity index (χ0v) is 10.5. The standard InChI is InChI=1S/C12H16F3N3O/c1-11(4-5-16-7-11)17-10(19)9-3-2-6-18(9)8-12(13,14)15/h2-3,6,16H,4-5,7-8H2,1H3,(H,17,19). The molecule has 0 bridgehead atoms. The molecule has 2 rings (SSSR count). The SMILES string of the molecule is CC1(NC(=O)c2cccn2CC(F)(F)F)CCNC1. The van der Waals surface area contributed by atoms with E-state index >= 15 is 0 Å². The van der Waals surface area contributed by atoms with Gasteiger partial charge in [0.15, 0.2) is 0 Å². The molecular formula is C12H16F3N3O. The van der Waals surface area contributed by atoms with Crippen LogP contribution < -0.4 is 10.6 Å². The lowest BCUT2D eigenvalue weighted by Gasteiger charge is -2.24. The molecule has 19 heavy (non-hydrogen) atoms. The summed E-state index contributed by atoms with van der Waals surface area (Å²) < 4.78 is 38.1. The molecule has 1 aromatic rings. The van der Waals surface area contributed by atoms with Crippen molar-refractivity contribution in [3.63, 3.8) is 0 Å². The summed E-state index contributed by atoms with van der Waals surface area (Å²) in [6, 6.07) is 2.84. The maximum atomic E-state index is 12.4. The first-order valence-corrected chi connectivity index (χ1v) is 6.04. The number of hydrogen-bond donors (Lipinski definition) is 2. The van der Waals surface area contributed by atoms with Gasteiger partial charge in [-0.3, -0.25) is 4.79 Å². The molecule has 0 spiro atoms. The minimum Gasteiger partial charge on any atom is -0.344 e. The van der Waals surface area contributed by atoms with Crippen LogP contribution in [0.25, 0.3) is 0 Å². The Morgan fingerprint density at radius 1 is 1.58 bits per heavy atom. The molecule has 1 atom stereocenters. The molecule has 4 nitrogen and oxygen atoms in total. The van der Waals surface area contributed by atoms with Crippen molar-refractivity contribution in [2.45, 2.75) is 31.6 Å². The van der Waals surface area contributed by atoms with Crippen molar-refractivity contribution >= 4 is 5.91 Å². The Hall–Kier alpha value is -1.50. The lowest BCUT2D eigenvalue weighted by molar-refractivity contribution is -0.140. The van der Waals surface area contributed by atoms with Gasteiger partial charge in [0.2, 0.25) is 0 Å². The molecule has 1 aromatic heterocycles. The summed E-state index contributed by atoms with van der Waals surface area (Å²) in [5.41, 5.74) is -0.366. The maximum absolute atomic E-state index is 12.4. The minimum absolute atomic E-state index is 0.0328. The van der Waals surface area contributed by atoms with E-state index < -0.39 is 24.2 Å². The number of alkyl halides is 3. The van der Waals surface area contributed by atoms with E-state index in [9.17, 15) is 18.0 Å². The molecule has 0 aromatic carbocycles. The molecule has 1 amide bonds. The van der Waals surface area contributed by atoms with Crippen LogP contribution in [-0.2, 0) is 6.54 Å². The Morgan fingerprint density at radius 3 is 2.89 bits per heavy atom. The zero-order valence-electron chi connectivity index (χ0n) is 10.5. The lowest BCUT2D eigenvalue weighted by atomic mass is 10.0. The molecule has 1 unspecified atom stereocenters. The summed E-state index contributed by atoms with van der Waals surface area (Å²) in [5.74, 6) is -0.472. The predicted molar refractivity (Wildman–Crippen MR) is 63.8 cm³/mol. The van der Waals surface area contributed by atoms with Crippen molar-refractivity contribution in [3.8, 4) is 0 Å². The summed E-state index contributed by atoms with van der Waals surface area (Å²) in [6.45, 7) is 2.14. The van der Waals surface area contributed by atoms with Crippen LogP contribution >= 0.6 is 0 Å². The van der Waals surface area contributed by atoms with Crippen LogP contribution in [0.1, 0.15) is 23.8 Å². The normalized spacial score (nSPS) is 23.6. The summed E-state index contributed by atoms with van der Waals surface area (Å²) >= 11 is 0. The highest BCUT2D eigenvalue weighted by molar-refractivity contribution is 5.93. The molecular weight excluding hydrogens is 259 g/mol. The molecule has 1 aliphatic rings. The number of aromatic nitrogens is 1. The van der Waals surface area contributed by atoms with Crippen molar-refractivity contribution in [2.24, 2.45) is 0 Å². The summed E-state index contributed by atoms with van der Waals surface area (Å²) in [5, 5.41) is 5.91. The smallest absolute Gasteiger partial charge is 0.344 e. The van der Waals surface area contributed by atoms with Gasteiger partial charge in [-0.1, -0.05) is 0 Å². The Kier molecular flexibility index (Phi) is 3.58. The molecule has 2 N–H and O–H groups in total. The number of rotatable bonds is 3. The first-order valence-electron chi connectivity index (χ1n) is 6.04. The van der Waals surface area contributed by atoms with Crippen molar-refractivity contribution in [1.82, 2.24) is 15.2 Å². The minimum atomic E-state index is -4.34. The third kappa shape index (κ3) is 3.50. The zero-order chi connectivity index (χ0) is 14.1. The van der Waals surface area contributed by atoms with E-state index in [0.29, 0.717) is 6.54 Å². The van der Waals surface area contributed by atoms with E-state index in [4.69, 9.17) is 0 Å². The maximum Gasteiger partial charge on any atom is 0.406 e. The van der Waals surface area contributed by atoms with Gasteiger partial charge in [-0.2, -0.15) is 13.2 Å². The van der Waals surface area contributed by atoms with Gasteiger partial charge >= 0.3 is 6.18 Å². The van der Waals surface area contributed by atoms with E-state index in [1.165, 1.54) is 18.3 Å². The summed E-state index contributed by atoms with van der Waals surface area (Å²) in [6.07, 6.45) is -2.32. The third-order valence-corrected chi connectivity index (χ3v) is 3.20. The molecule has 0 radical (unpaired) electrons. The van der Waals surface area contributed by atoms with Crippen LogP contribution in [0.2, 0.25) is 0 Å². The fraction of sp³-hybridized carbons (Fsp3) is 0.583. The van der Waals surface area contributed by atoms with Gasteiger partial charge in [0.25, 0.3) is 5.91 Å². The van der Waals surface area contributed by atoms with Gasteiger partial charge in [-0.15, -0.1) is 0 Å². The van der Waals surface area contributed by atoms with Crippen molar-refractivity contribution < 1.29 is 18.0 Å². The number of nitrogens with one attached hydrogen (secondary N) is 2. The van der Waals surface area contributed by atoms with Gasteiger partial charge in [0.05, 0.1) is 5.54 Å². The van der Waals surface area contributed by atoms with Crippen molar-refractivity contribution in [3.05, 3.63) is 24.0 Å². The molecule has 0 aliphatic carbocycles. The molecule has 7 heteroatoms. The Bertz CT molecular complexity index is 461. The highest BCUT2D eigenvalue weighted by Gasteiger charge is 2.33. The van der Waals surface area contributed by atoms with Crippen molar-refractivity contribution in [1.29, 1.82) is 0 Å². The first kappa shape index (κ1) is 13.9. The quantitative estimate of drug-likeness (QED) is 0.879. The first-order chi connectivity index (χ1) is 8.79. The van der Waals surface area contributed by atoms with E-state index in [1.54, 1.807) is 0 Å². The number of carbonyl (C=O) groups is 1. The monoisotopic (exact) mass is 275 g/mol. The number of halogens is 3. The Balaban J connectivity index is 2.09. The highest BCUT2D eigenvalue weighted by atomic mass is 19.4. The third-order valence-electron chi connectivity index (χ3n) is 3.20. The molecule has 106 valence electrons. The topological polar surface area (TPSA) is 46.1 Å². The van der Waals surface area contributed by atoms with Crippen LogP contribution in [0.4, 0.5) is 13.2 Å². The van der Waals surface area contributed by atoms with E-state index in [-0.39, 0.29) is 5.69 Å². The highest BCUT2D eigenvalue weighted by Crippen LogP contribution is 2.20. The Labute approximate surface area is 109 Å². The number of nitrogens with zero attached hydrogens (tertiary/aromatic N) is 1. The van der Waals surface area contributed by atoms with Gasteiger partial charge < -0.3 is 15.2 Å². The molecule has 1 aliphatic heterocycles. The van der Waals surface area contributed by atoms with E-state index in [0.717, 1.165) is 17.5 Å². The second kappa shape index (κ2) is 4.88. The summed E-state index contributed by atoms with van der Waals surface area (Å²) in [7, 11) is 0. The van der Waals surface area contributed by atoms with E-state index in [1.807, 2.05) is 6.92 Å². The average molecular weight is 275 g/mol. The number of amides is 1. The second-order valence-electron chi connectivity index (χ2n) is 5.08. The molecule has 1 fully saturated rings. The van der Waals surface area contributed by atoms with Gasteiger partial charge in [-0.25, -0.2) is 0 Å². The van der Waals surface area contributed by atoms with Crippen LogP contribution in [0.15, 0.2) is 18.3 Å². The van der Waals surface area contributed by atoms with Crippen molar-refractivity contribution in [2.75, 3.05) is 13.1 Å². The largest absolute Gasteiger partial charge is 0.406 e. The Morgan fingerprint density at radius 2 is 2.32 bits per heavy atom. The molecule has 1 saturated heterocycles. The molecule has 0 saturated carbocycles. The lowest BCUT2D eigenvalue weighted by Crippen LogP contribution is -2.48. The van der Waals surface area contributed by atoms with E-state index in [2.05, 4.69) is 10.6 Å². The van der Waals surface area contributed by atoms with Gasteiger partial charge in [-0.05, 0) is 32.0 Å². The predicted octanol–water partition coefficient (Wildman–Crippen LogP) is 1.53. The van der Waals surface area contributed by atoms with Crippen LogP contribution in [-0.4, -0.2) is 35.3 Å².